The number of thioether (sulfide) groups is 1. The molecule has 21 heavy (non-hydrogen) atoms. The summed E-state index contributed by atoms with van der Waals surface area (Å²) < 4.78 is 7.18. The third-order valence-corrected chi connectivity index (χ3v) is 4.21. The number of hydrogen-bond donors (Lipinski definition) is 0. The highest BCUT2D eigenvalue weighted by Crippen LogP contribution is 2.21. The van der Waals surface area contributed by atoms with E-state index in [4.69, 9.17) is 10.00 Å². The molecular weight excluding hydrogens is 288 g/mol. The van der Waals surface area contributed by atoms with Gasteiger partial charge in [0.2, 0.25) is 5.91 Å². The smallest absolute Gasteiger partial charge is 0.232 e. The van der Waals surface area contributed by atoms with Crippen LogP contribution < -0.4 is 0 Å². The Balaban J connectivity index is 2.64. The summed E-state index contributed by atoms with van der Waals surface area (Å²) in [4.78, 5) is 18.1. The second-order valence-corrected chi connectivity index (χ2v) is 5.66. The van der Waals surface area contributed by atoms with E-state index in [0.717, 1.165) is 23.1 Å². The van der Waals surface area contributed by atoms with E-state index in [1.807, 2.05) is 19.9 Å². The predicted molar refractivity (Wildman–Crippen MR) is 82.2 cm³/mol. The molecule has 1 rings (SSSR count). The maximum absolute atomic E-state index is 12.0. The Bertz CT molecular complexity index is 522. The number of nitrogens with zero attached hydrogens (tertiary/aromatic N) is 4. The Morgan fingerprint density at radius 3 is 2.86 bits per heavy atom. The molecule has 1 aromatic rings. The highest BCUT2D eigenvalue weighted by Gasteiger charge is 2.15. The number of methoxy groups -OCH3 is 1. The van der Waals surface area contributed by atoms with E-state index < -0.39 is 0 Å². The fraction of sp³-hybridized carbons (Fsp3) is 0.643. The maximum atomic E-state index is 12.0. The first-order valence-corrected chi connectivity index (χ1v) is 7.76. The van der Waals surface area contributed by atoms with Gasteiger partial charge in [-0.1, -0.05) is 11.8 Å². The molecule has 0 aliphatic heterocycles. The number of imidazole rings is 1. The number of carbonyl (C=O) groups is 1. The Morgan fingerprint density at radius 1 is 1.52 bits per heavy atom. The largest absolute Gasteiger partial charge is 0.383 e. The van der Waals surface area contributed by atoms with Crippen molar-refractivity contribution in [3.63, 3.8) is 0 Å². The van der Waals surface area contributed by atoms with E-state index in [9.17, 15) is 4.79 Å². The van der Waals surface area contributed by atoms with Crippen LogP contribution in [0.3, 0.4) is 0 Å². The van der Waals surface area contributed by atoms with Gasteiger partial charge in [-0.25, -0.2) is 4.98 Å². The molecule has 0 saturated carbocycles. The van der Waals surface area contributed by atoms with E-state index >= 15 is 0 Å². The molecule has 0 N–H and O–H groups in total. The van der Waals surface area contributed by atoms with Crippen LogP contribution in [-0.2, 0) is 16.1 Å². The number of rotatable bonds is 8. The van der Waals surface area contributed by atoms with Crippen molar-refractivity contribution in [3.05, 3.63) is 11.4 Å². The predicted octanol–water partition coefficient (Wildman–Crippen LogP) is 1.61. The van der Waals surface area contributed by atoms with Crippen molar-refractivity contribution in [2.24, 2.45) is 0 Å². The molecule has 0 saturated heterocycles. The van der Waals surface area contributed by atoms with Crippen LogP contribution in [0, 0.1) is 25.2 Å². The van der Waals surface area contributed by atoms with Crippen molar-refractivity contribution >= 4 is 17.7 Å². The molecule has 6 nitrogen and oxygen atoms in total. The van der Waals surface area contributed by atoms with Crippen molar-refractivity contribution in [2.75, 3.05) is 33.1 Å². The van der Waals surface area contributed by atoms with Gasteiger partial charge in [0.05, 0.1) is 30.5 Å². The standard InChI is InChI=1S/C14H22N4O2S/c1-11-12(2)18(8-9-20-4)14(16-11)21-10-13(19)17(3)7-5-6-15/h5,7-10H2,1-4H3. The second-order valence-electron chi connectivity index (χ2n) is 4.72. The van der Waals surface area contributed by atoms with Crippen molar-refractivity contribution in [1.82, 2.24) is 14.5 Å². The van der Waals surface area contributed by atoms with Gasteiger partial charge in [0.25, 0.3) is 0 Å². The summed E-state index contributed by atoms with van der Waals surface area (Å²) in [5.41, 5.74) is 2.07. The minimum atomic E-state index is 0.00634. The molecule has 1 amide bonds. The van der Waals surface area contributed by atoms with Gasteiger partial charge in [-0.05, 0) is 13.8 Å². The monoisotopic (exact) mass is 310 g/mol. The number of hydrogen-bond acceptors (Lipinski definition) is 5. The third kappa shape index (κ3) is 5.06. The van der Waals surface area contributed by atoms with Crippen LogP contribution in [0.5, 0.6) is 0 Å². The zero-order valence-corrected chi connectivity index (χ0v) is 13.9. The van der Waals surface area contributed by atoms with Gasteiger partial charge < -0.3 is 14.2 Å². The number of aryl methyl sites for hydroxylation is 1. The molecular formula is C14H22N4O2S. The van der Waals surface area contributed by atoms with Crippen LogP contribution >= 0.6 is 11.8 Å². The summed E-state index contributed by atoms with van der Waals surface area (Å²) in [5.74, 6) is 0.331. The van der Waals surface area contributed by atoms with E-state index in [2.05, 4.69) is 9.55 Å². The Labute approximate surface area is 130 Å². The number of ether oxygens (including phenoxy) is 1. The van der Waals surface area contributed by atoms with Gasteiger partial charge in [0, 0.05) is 32.9 Å². The van der Waals surface area contributed by atoms with Crippen LogP contribution in [-0.4, -0.2) is 53.4 Å². The number of carbonyl (C=O) groups excluding carboxylic acids is 1. The number of amides is 1. The molecule has 0 radical (unpaired) electrons. The van der Waals surface area contributed by atoms with Gasteiger partial charge >= 0.3 is 0 Å². The summed E-state index contributed by atoms with van der Waals surface area (Å²) in [6, 6.07) is 2.04. The molecule has 0 aliphatic carbocycles. The SMILES string of the molecule is COCCn1c(SCC(=O)N(C)CCC#N)nc(C)c1C. The fourth-order valence-corrected chi connectivity index (χ4v) is 2.82. The van der Waals surface area contributed by atoms with Crippen molar-refractivity contribution in [2.45, 2.75) is 32.0 Å². The van der Waals surface area contributed by atoms with E-state index in [1.165, 1.54) is 11.8 Å². The zero-order valence-electron chi connectivity index (χ0n) is 13.0. The lowest BCUT2D eigenvalue weighted by atomic mass is 10.4. The number of nitriles is 1. The molecule has 0 aromatic carbocycles. The Morgan fingerprint density at radius 2 is 2.24 bits per heavy atom. The summed E-state index contributed by atoms with van der Waals surface area (Å²) in [6.07, 6.45) is 0.355. The number of aromatic nitrogens is 2. The maximum Gasteiger partial charge on any atom is 0.232 e. The molecule has 1 heterocycles. The van der Waals surface area contributed by atoms with Gasteiger partial charge in [-0.2, -0.15) is 5.26 Å². The van der Waals surface area contributed by atoms with E-state index in [0.29, 0.717) is 25.3 Å². The molecule has 0 fully saturated rings. The average Bonchev–Trinajstić information content (AvgIpc) is 2.74. The molecule has 0 spiro atoms. The van der Waals surface area contributed by atoms with Crippen LogP contribution in [0.15, 0.2) is 5.16 Å². The third-order valence-electron chi connectivity index (χ3n) is 3.25. The van der Waals surface area contributed by atoms with Gasteiger partial charge in [0.15, 0.2) is 5.16 Å². The molecule has 0 aliphatic rings. The summed E-state index contributed by atoms with van der Waals surface area (Å²) in [7, 11) is 3.38. The van der Waals surface area contributed by atoms with Crippen molar-refractivity contribution < 1.29 is 9.53 Å². The van der Waals surface area contributed by atoms with Crippen LogP contribution in [0.25, 0.3) is 0 Å². The molecule has 1 aromatic heterocycles. The first kappa shape index (κ1) is 17.5. The molecule has 116 valence electrons. The summed E-state index contributed by atoms with van der Waals surface area (Å²) in [5, 5.41) is 9.38. The summed E-state index contributed by atoms with van der Waals surface area (Å²) in [6.45, 7) is 5.78. The zero-order chi connectivity index (χ0) is 15.8. The minimum Gasteiger partial charge on any atom is -0.383 e. The van der Waals surface area contributed by atoms with Crippen LogP contribution in [0.4, 0.5) is 0 Å². The first-order chi connectivity index (χ1) is 10.0. The van der Waals surface area contributed by atoms with Gasteiger partial charge in [0.1, 0.15) is 0 Å². The van der Waals surface area contributed by atoms with Crippen LogP contribution in [0.1, 0.15) is 17.8 Å². The fourth-order valence-electron chi connectivity index (χ4n) is 1.76. The molecule has 0 atom stereocenters. The summed E-state index contributed by atoms with van der Waals surface area (Å²) >= 11 is 1.42. The van der Waals surface area contributed by atoms with Crippen LogP contribution in [0.2, 0.25) is 0 Å². The van der Waals surface area contributed by atoms with E-state index in [-0.39, 0.29) is 5.91 Å². The minimum absolute atomic E-state index is 0.00634. The Kier molecular flexibility index (Phi) is 7.26. The lowest BCUT2D eigenvalue weighted by Gasteiger charge is -2.15. The quantitative estimate of drug-likeness (QED) is 0.682. The molecule has 0 unspecified atom stereocenters. The van der Waals surface area contributed by atoms with Gasteiger partial charge in [-0.15, -0.1) is 0 Å². The lowest BCUT2D eigenvalue weighted by molar-refractivity contribution is -0.127. The van der Waals surface area contributed by atoms with E-state index in [1.54, 1.807) is 19.1 Å². The highest BCUT2D eigenvalue weighted by molar-refractivity contribution is 7.99. The van der Waals surface area contributed by atoms with Crippen molar-refractivity contribution in [1.29, 1.82) is 5.26 Å². The Hall–Kier alpha value is -1.52. The normalized spacial score (nSPS) is 10.4. The second kappa shape index (κ2) is 8.70. The topological polar surface area (TPSA) is 71.2 Å². The highest BCUT2D eigenvalue weighted by atomic mass is 32.2. The molecule has 0 bridgehead atoms. The average molecular weight is 310 g/mol. The molecule has 7 heteroatoms. The van der Waals surface area contributed by atoms with Gasteiger partial charge in [-0.3, -0.25) is 4.79 Å². The lowest BCUT2D eigenvalue weighted by Crippen LogP contribution is -2.29. The first-order valence-electron chi connectivity index (χ1n) is 6.77. The van der Waals surface area contributed by atoms with Crippen molar-refractivity contribution in [3.8, 4) is 6.07 Å².